The number of nitro benzene ring substituents is 1. The summed E-state index contributed by atoms with van der Waals surface area (Å²) < 4.78 is 0. The smallest absolute Gasteiger partial charge is 0.322 e. The Kier molecular flexibility index (Phi) is 8.32. The Morgan fingerprint density at radius 2 is 1.52 bits per heavy atom. The largest absolute Gasteiger partial charge is 0.480 e. The van der Waals surface area contributed by atoms with Gasteiger partial charge < -0.3 is 26.8 Å². The van der Waals surface area contributed by atoms with Crippen LogP contribution >= 0.6 is 0 Å². The van der Waals surface area contributed by atoms with Crippen LogP contribution in [-0.4, -0.2) is 59.4 Å². The molecule has 0 aliphatic heterocycles. The molecule has 27 heavy (non-hydrogen) atoms. The third-order valence-corrected chi connectivity index (χ3v) is 3.25. The average molecular weight is 381 g/mol. The molecule has 0 saturated carbocycles. The first-order valence-corrected chi connectivity index (χ1v) is 7.71. The Labute approximate surface area is 153 Å². The van der Waals surface area contributed by atoms with E-state index >= 15 is 0 Å². The zero-order valence-corrected chi connectivity index (χ0v) is 14.1. The number of nitrogens with one attached hydrogen (secondary N) is 3. The number of aliphatic carboxylic acids is 1. The monoisotopic (exact) mass is 381 g/mol. The van der Waals surface area contributed by atoms with Crippen LogP contribution in [0.4, 0.5) is 5.69 Å². The van der Waals surface area contributed by atoms with E-state index in [9.17, 15) is 29.3 Å². The van der Waals surface area contributed by atoms with Gasteiger partial charge in [-0.3, -0.25) is 29.3 Å². The molecule has 0 spiro atoms. The number of nitrogens with zero attached hydrogens (tertiary/aromatic N) is 1. The summed E-state index contributed by atoms with van der Waals surface area (Å²) in [5, 5.41) is 25.5. The Hall–Kier alpha value is -3.54. The number of benzene rings is 1. The van der Waals surface area contributed by atoms with Gasteiger partial charge in [-0.2, -0.15) is 0 Å². The Morgan fingerprint density at radius 3 is 2.04 bits per heavy atom. The molecule has 0 radical (unpaired) electrons. The van der Waals surface area contributed by atoms with Gasteiger partial charge in [-0.05, 0) is 12.0 Å². The minimum absolute atomic E-state index is 0.0826. The zero-order chi connectivity index (χ0) is 20.4. The molecule has 0 aliphatic carbocycles. The lowest BCUT2D eigenvalue weighted by Gasteiger charge is -2.12. The van der Waals surface area contributed by atoms with Crippen molar-refractivity contribution in [3.8, 4) is 0 Å². The minimum Gasteiger partial charge on any atom is -0.480 e. The van der Waals surface area contributed by atoms with Crippen LogP contribution in [0.3, 0.4) is 0 Å². The van der Waals surface area contributed by atoms with Crippen LogP contribution in [0.15, 0.2) is 24.3 Å². The normalized spacial score (nSPS) is 11.1. The molecule has 1 aromatic rings. The Balaban J connectivity index is 2.33. The molecule has 0 aliphatic rings. The van der Waals surface area contributed by atoms with E-state index in [4.69, 9.17) is 10.8 Å². The van der Waals surface area contributed by atoms with Gasteiger partial charge in [0.05, 0.1) is 24.1 Å². The van der Waals surface area contributed by atoms with E-state index < -0.39 is 54.3 Å². The summed E-state index contributed by atoms with van der Waals surface area (Å²) in [7, 11) is 0. The Morgan fingerprint density at radius 1 is 1.00 bits per heavy atom. The number of carboxylic acids is 1. The highest BCUT2D eigenvalue weighted by Gasteiger charge is 2.16. The maximum atomic E-state index is 11.9. The van der Waals surface area contributed by atoms with Crippen LogP contribution in [0.5, 0.6) is 0 Å². The van der Waals surface area contributed by atoms with Crippen LogP contribution in [0.2, 0.25) is 0 Å². The quantitative estimate of drug-likeness (QED) is 0.224. The third-order valence-electron chi connectivity index (χ3n) is 3.25. The van der Waals surface area contributed by atoms with Crippen LogP contribution in [-0.2, 0) is 25.6 Å². The zero-order valence-electron chi connectivity index (χ0n) is 14.1. The van der Waals surface area contributed by atoms with Crippen molar-refractivity contribution in [1.82, 2.24) is 16.0 Å². The molecule has 1 rings (SSSR count). The lowest BCUT2D eigenvalue weighted by atomic mass is 10.1. The van der Waals surface area contributed by atoms with Crippen molar-refractivity contribution in [3.63, 3.8) is 0 Å². The first-order valence-electron chi connectivity index (χ1n) is 7.71. The summed E-state index contributed by atoms with van der Waals surface area (Å²) in [5.74, 6) is -3.17. The second-order valence-electron chi connectivity index (χ2n) is 5.40. The van der Waals surface area contributed by atoms with Gasteiger partial charge in [0, 0.05) is 12.1 Å². The van der Waals surface area contributed by atoms with E-state index in [2.05, 4.69) is 16.0 Å². The highest BCUT2D eigenvalue weighted by molar-refractivity contribution is 5.90. The maximum absolute atomic E-state index is 11.9. The van der Waals surface area contributed by atoms with E-state index in [0.717, 1.165) is 0 Å². The fourth-order valence-electron chi connectivity index (χ4n) is 1.88. The first-order chi connectivity index (χ1) is 12.7. The molecule has 6 N–H and O–H groups in total. The predicted octanol–water partition coefficient (Wildman–Crippen LogP) is -2.10. The van der Waals surface area contributed by atoms with E-state index in [1.54, 1.807) is 0 Å². The molecule has 0 fully saturated rings. The molecule has 146 valence electrons. The first kappa shape index (κ1) is 21.5. The number of carboxylic acid groups (broad SMARTS) is 1. The van der Waals surface area contributed by atoms with Crippen LogP contribution < -0.4 is 21.7 Å². The maximum Gasteiger partial charge on any atom is 0.322 e. The van der Waals surface area contributed by atoms with E-state index in [1.165, 1.54) is 24.3 Å². The van der Waals surface area contributed by atoms with Crippen LogP contribution in [0.25, 0.3) is 0 Å². The molecule has 1 aromatic carbocycles. The standard InChI is InChI=1S/C15H19N5O7/c16-11(5-9-1-3-10(4-2-9)20(26)27)15(25)19-7-13(22)17-6-12(21)18-8-14(23)24/h1-4,11H,5-8,16H2,(H,17,22)(H,18,21)(H,19,25)(H,23,24). The van der Waals surface area contributed by atoms with Gasteiger partial charge in [0.25, 0.3) is 5.69 Å². The highest BCUT2D eigenvalue weighted by atomic mass is 16.6. The second-order valence-corrected chi connectivity index (χ2v) is 5.40. The molecule has 1 unspecified atom stereocenters. The summed E-state index contributed by atoms with van der Waals surface area (Å²) in [6.45, 7) is -1.42. The summed E-state index contributed by atoms with van der Waals surface area (Å²) in [5.41, 5.74) is 6.26. The minimum atomic E-state index is -1.22. The topological polar surface area (TPSA) is 194 Å². The van der Waals surface area contributed by atoms with Gasteiger partial charge in [0.2, 0.25) is 17.7 Å². The van der Waals surface area contributed by atoms with Crippen molar-refractivity contribution in [3.05, 3.63) is 39.9 Å². The van der Waals surface area contributed by atoms with Gasteiger partial charge >= 0.3 is 5.97 Å². The number of rotatable bonds is 10. The number of non-ortho nitro benzene ring substituents is 1. The van der Waals surface area contributed by atoms with Crippen molar-refractivity contribution in [2.24, 2.45) is 5.73 Å². The number of hydrogen-bond donors (Lipinski definition) is 5. The molecule has 12 heteroatoms. The molecule has 3 amide bonds. The second kappa shape index (κ2) is 10.5. The SMILES string of the molecule is NC(Cc1ccc([N+](=O)[O-])cc1)C(=O)NCC(=O)NCC(=O)NCC(=O)O. The molecule has 0 bridgehead atoms. The lowest BCUT2D eigenvalue weighted by molar-refractivity contribution is -0.384. The van der Waals surface area contributed by atoms with E-state index in [-0.39, 0.29) is 12.1 Å². The number of amides is 3. The van der Waals surface area contributed by atoms with Crippen LogP contribution in [0, 0.1) is 10.1 Å². The van der Waals surface area contributed by atoms with Crippen molar-refractivity contribution in [2.75, 3.05) is 19.6 Å². The van der Waals surface area contributed by atoms with Crippen molar-refractivity contribution in [1.29, 1.82) is 0 Å². The van der Waals surface area contributed by atoms with Crippen molar-refractivity contribution >= 4 is 29.4 Å². The Bertz CT molecular complexity index is 720. The fraction of sp³-hybridized carbons (Fsp3) is 0.333. The van der Waals surface area contributed by atoms with Crippen LogP contribution in [0.1, 0.15) is 5.56 Å². The van der Waals surface area contributed by atoms with E-state index in [1.807, 2.05) is 0 Å². The number of nitrogens with two attached hydrogens (primary N) is 1. The van der Waals surface area contributed by atoms with Gasteiger partial charge in [-0.15, -0.1) is 0 Å². The molecule has 0 heterocycles. The molecule has 1 atom stereocenters. The molecule has 12 nitrogen and oxygen atoms in total. The van der Waals surface area contributed by atoms with Gasteiger partial charge in [-0.1, -0.05) is 12.1 Å². The molecule has 0 aromatic heterocycles. The van der Waals surface area contributed by atoms with Crippen molar-refractivity contribution in [2.45, 2.75) is 12.5 Å². The number of carbonyl (C=O) groups is 4. The number of carbonyl (C=O) groups excluding carboxylic acids is 3. The van der Waals surface area contributed by atoms with Gasteiger partial charge in [0.1, 0.15) is 6.54 Å². The number of nitro groups is 1. The number of hydrogen-bond acceptors (Lipinski definition) is 7. The summed E-state index contributed by atoms with van der Waals surface area (Å²) >= 11 is 0. The summed E-state index contributed by atoms with van der Waals surface area (Å²) in [4.78, 5) is 55.0. The predicted molar refractivity (Wildman–Crippen MR) is 91.4 cm³/mol. The van der Waals surface area contributed by atoms with Gasteiger partial charge in [-0.25, -0.2) is 0 Å². The average Bonchev–Trinajstić information content (AvgIpc) is 2.62. The summed E-state index contributed by atoms with van der Waals surface area (Å²) in [6.07, 6.45) is 0.114. The molecular weight excluding hydrogens is 362 g/mol. The van der Waals surface area contributed by atoms with E-state index in [0.29, 0.717) is 5.56 Å². The van der Waals surface area contributed by atoms with Crippen molar-refractivity contribution < 1.29 is 29.2 Å². The fourth-order valence-corrected chi connectivity index (χ4v) is 1.88. The molecular formula is C15H19N5O7. The third kappa shape index (κ3) is 8.40. The van der Waals surface area contributed by atoms with Gasteiger partial charge in [0.15, 0.2) is 0 Å². The summed E-state index contributed by atoms with van der Waals surface area (Å²) in [6, 6.07) is 4.57. The highest BCUT2D eigenvalue weighted by Crippen LogP contribution is 2.12. The lowest BCUT2D eigenvalue weighted by Crippen LogP contribution is -2.47. The molecule has 0 saturated heterocycles.